The monoisotopic (exact) mass is 330 g/mol. The maximum Gasteiger partial charge on any atom is 0.255 e. The average Bonchev–Trinajstić information content (AvgIpc) is 2.92. The van der Waals surface area contributed by atoms with Crippen molar-refractivity contribution in [1.82, 2.24) is 15.5 Å². The number of carbonyl (C=O) groups is 3. The van der Waals surface area contributed by atoms with Crippen molar-refractivity contribution in [1.29, 1.82) is 0 Å². The van der Waals surface area contributed by atoms with E-state index in [4.69, 9.17) is 0 Å². The normalized spacial score (nSPS) is 24.2. The van der Waals surface area contributed by atoms with Gasteiger partial charge in [0.05, 0.1) is 0 Å². The van der Waals surface area contributed by atoms with Crippen LogP contribution >= 0.6 is 0 Å². The third kappa shape index (κ3) is 2.54. The summed E-state index contributed by atoms with van der Waals surface area (Å²) in [4.78, 5) is 39.9. The minimum atomic E-state index is -0.551. The van der Waals surface area contributed by atoms with Gasteiger partial charge in [0, 0.05) is 51.8 Å². The first-order chi connectivity index (χ1) is 11.6. The second-order valence-corrected chi connectivity index (χ2v) is 6.48. The van der Waals surface area contributed by atoms with Crippen LogP contribution in [0, 0.1) is 0 Å². The van der Waals surface area contributed by atoms with Crippen molar-refractivity contribution < 1.29 is 15.8 Å². The molecule has 1 unspecified atom stereocenters. The predicted octanol–water partition coefficient (Wildman–Crippen LogP) is 0.103. The molecule has 3 amide bonds. The molecule has 0 saturated carbocycles. The van der Waals surface area contributed by atoms with E-state index >= 15 is 0 Å². The molecule has 2 saturated heterocycles. The molecule has 1 aromatic rings. The van der Waals surface area contributed by atoms with E-state index in [1.165, 1.54) is 0 Å². The Bertz CT molecular complexity index is 718. The number of hydrogen-bond acceptors (Lipinski definition) is 5. The lowest BCUT2D eigenvalue weighted by Gasteiger charge is -2.30. The molecule has 128 valence electrons. The summed E-state index contributed by atoms with van der Waals surface area (Å²) in [6.45, 7) is 4.24. The third-order valence-electron chi connectivity index (χ3n) is 4.99. The van der Waals surface area contributed by atoms with Crippen LogP contribution in [0.1, 0.15) is 30.2 Å². The fourth-order valence-electron chi connectivity index (χ4n) is 3.68. The first-order valence-corrected chi connectivity index (χ1v) is 8.37. The number of nitrogens with zero attached hydrogens (tertiary/aromatic N) is 2. The molecule has 4 rings (SSSR count). The summed E-state index contributed by atoms with van der Waals surface area (Å²) >= 11 is 0. The Kier molecular flexibility index (Phi) is 3.72. The Labute approximate surface area is 141 Å². The Morgan fingerprint density at radius 1 is 1.12 bits per heavy atom. The van der Waals surface area contributed by atoms with Crippen molar-refractivity contribution >= 4 is 23.4 Å². The molecule has 3 heterocycles. The highest BCUT2D eigenvalue weighted by Gasteiger charge is 2.39. The number of piperazine rings is 1. The van der Waals surface area contributed by atoms with Crippen LogP contribution in [0.3, 0.4) is 0 Å². The summed E-state index contributed by atoms with van der Waals surface area (Å²) in [6.07, 6.45) is 0.678. The highest BCUT2D eigenvalue weighted by Crippen LogP contribution is 2.30. The lowest BCUT2D eigenvalue weighted by Crippen LogP contribution is -2.52. The van der Waals surface area contributed by atoms with Gasteiger partial charge in [0.25, 0.3) is 5.91 Å². The summed E-state index contributed by atoms with van der Waals surface area (Å²) in [6, 6.07) is 5.35. The number of amides is 3. The largest absolute Gasteiger partial charge is 0.369 e. The quantitative estimate of drug-likeness (QED) is 0.752. The van der Waals surface area contributed by atoms with Gasteiger partial charge in [-0.25, -0.2) is 0 Å². The number of anilines is 1. The van der Waals surface area contributed by atoms with Crippen LogP contribution in [0.15, 0.2) is 18.2 Å². The van der Waals surface area contributed by atoms with Crippen molar-refractivity contribution in [3.05, 3.63) is 29.3 Å². The lowest BCUT2D eigenvalue weighted by atomic mass is 10.0. The topological polar surface area (TPSA) is 81.8 Å². The van der Waals surface area contributed by atoms with Crippen LogP contribution in [-0.2, 0) is 16.1 Å². The number of carbonyl (C=O) groups excluding carboxylic acids is 3. The summed E-state index contributed by atoms with van der Waals surface area (Å²) in [7, 11) is 0. The van der Waals surface area contributed by atoms with E-state index in [2.05, 4.69) is 21.6 Å². The number of nitrogens with one attached hydrogen (secondary N) is 2. The zero-order chi connectivity index (χ0) is 16.7. The summed E-state index contributed by atoms with van der Waals surface area (Å²) in [5.41, 5.74) is 2.74. The lowest BCUT2D eigenvalue weighted by molar-refractivity contribution is -0.136. The van der Waals surface area contributed by atoms with Crippen molar-refractivity contribution in [2.45, 2.75) is 25.4 Å². The van der Waals surface area contributed by atoms with E-state index in [1.54, 1.807) is 4.90 Å². The van der Waals surface area contributed by atoms with Crippen LogP contribution in [0.2, 0.25) is 0 Å². The molecule has 2 N–H and O–H groups in total. The number of hydrogen-bond donors (Lipinski definition) is 2. The van der Waals surface area contributed by atoms with Gasteiger partial charge < -0.3 is 15.1 Å². The fourth-order valence-corrected chi connectivity index (χ4v) is 3.68. The highest BCUT2D eigenvalue weighted by molar-refractivity contribution is 6.05. The van der Waals surface area contributed by atoms with Crippen molar-refractivity contribution in [2.24, 2.45) is 0 Å². The molecule has 1 atom stereocenters. The van der Waals surface area contributed by atoms with E-state index in [0.29, 0.717) is 18.5 Å². The first-order valence-electron chi connectivity index (χ1n) is 8.37. The third-order valence-corrected chi connectivity index (χ3v) is 4.99. The van der Waals surface area contributed by atoms with Gasteiger partial charge in [0.2, 0.25) is 11.8 Å². The van der Waals surface area contributed by atoms with Crippen LogP contribution in [0.4, 0.5) is 5.69 Å². The van der Waals surface area contributed by atoms with Gasteiger partial charge in [-0.15, -0.1) is 0 Å². The maximum absolute atomic E-state index is 12.6. The van der Waals surface area contributed by atoms with Gasteiger partial charge in [-0.1, -0.05) is 0 Å². The predicted molar refractivity (Wildman–Crippen MR) is 89.7 cm³/mol. The zero-order valence-electron chi connectivity index (χ0n) is 13.4. The molecule has 0 bridgehead atoms. The Morgan fingerprint density at radius 2 is 1.92 bits per heavy atom. The minimum absolute atomic E-state index is 0. The maximum atomic E-state index is 12.6. The standard InChI is InChI=1S/C17H20N4O3.H2/c22-15-4-3-14(16(23)19-15)21-10-11-9-12(1-2-13(11)17(21)24)20-7-5-18-6-8-20;/h1-2,9,14,18H,3-8,10H2,(H,19,22,23);1H. The van der Waals surface area contributed by atoms with Crippen LogP contribution < -0.4 is 15.5 Å². The first kappa shape index (κ1) is 15.1. The summed E-state index contributed by atoms with van der Waals surface area (Å²) < 4.78 is 0. The molecule has 0 spiro atoms. The van der Waals surface area contributed by atoms with Crippen molar-refractivity contribution in [3.8, 4) is 0 Å². The molecule has 3 aliphatic rings. The fraction of sp³-hybridized carbons (Fsp3) is 0.471. The SMILES string of the molecule is O=C1CCC(N2Cc3cc(N4CCNCC4)ccc3C2=O)C(=O)N1.[HH]. The second-order valence-electron chi connectivity index (χ2n) is 6.48. The van der Waals surface area contributed by atoms with Gasteiger partial charge in [-0.2, -0.15) is 0 Å². The van der Waals surface area contributed by atoms with Gasteiger partial charge in [-0.05, 0) is 30.2 Å². The molecule has 7 nitrogen and oxygen atoms in total. The van der Waals surface area contributed by atoms with Gasteiger partial charge >= 0.3 is 0 Å². The molecular formula is C17H22N4O3. The number of imide groups is 1. The second kappa shape index (κ2) is 5.90. The number of piperidine rings is 1. The zero-order valence-corrected chi connectivity index (χ0v) is 13.4. The Hall–Kier alpha value is -2.41. The Morgan fingerprint density at radius 3 is 2.67 bits per heavy atom. The molecule has 24 heavy (non-hydrogen) atoms. The number of fused-ring (bicyclic) bond motifs is 1. The highest BCUT2D eigenvalue weighted by atomic mass is 16.2. The van der Waals surface area contributed by atoms with E-state index in [1.807, 2.05) is 12.1 Å². The van der Waals surface area contributed by atoms with E-state index in [-0.39, 0.29) is 25.6 Å². The van der Waals surface area contributed by atoms with Crippen LogP contribution in [-0.4, -0.2) is 54.8 Å². The molecule has 1 aromatic carbocycles. The molecule has 0 aliphatic carbocycles. The molecule has 0 aromatic heterocycles. The van der Waals surface area contributed by atoms with Gasteiger partial charge in [-0.3, -0.25) is 19.7 Å². The molecule has 2 fully saturated rings. The van der Waals surface area contributed by atoms with Crippen molar-refractivity contribution in [2.75, 3.05) is 31.1 Å². The molecule has 7 heteroatoms. The van der Waals surface area contributed by atoms with E-state index in [9.17, 15) is 14.4 Å². The molecular weight excluding hydrogens is 308 g/mol. The summed E-state index contributed by atoms with van der Waals surface area (Å²) in [5.74, 6) is -0.748. The van der Waals surface area contributed by atoms with Crippen molar-refractivity contribution in [3.63, 3.8) is 0 Å². The van der Waals surface area contributed by atoms with E-state index in [0.717, 1.165) is 37.4 Å². The molecule has 3 aliphatic heterocycles. The molecule has 0 radical (unpaired) electrons. The van der Waals surface area contributed by atoms with Gasteiger partial charge in [0.15, 0.2) is 0 Å². The summed E-state index contributed by atoms with van der Waals surface area (Å²) in [5, 5.41) is 5.66. The van der Waals surface area contributed by atoms with Crippen LogP contribution in [0.25, 0.3) is 0 Å². The smallest absolute Gasteiger partial charge is 0.255 e. The van der Waals surface area contributed by atoms with Gasteiger partial charge in [0.1, 0.15) is 6.04 Å². The average molecular weight is 330 g/mol. The minimum Gasteiger partial charge on any atom is -0.369 e. The van der Waals surface area contributed by atoms with Crippen LogP contribution in [0.5, 0.6) is 0 Å². The van der Waals surface area contributed by atoms with E-state index < -0.39 is 6.04 Å². The Balaban J connectivity index is 0.00000182. The number of rotatable bonds is 2. The number of benzene rings is 1.